The summed E-state index contributed by atoms with van der Waals surface area (Å²) >= 11 is 3.97. The molecule has 1 unspecified atom stereocenters. The number of amides is 1. The second-order valence-electron chi connectivity index (χ2n) is 3.24. The summed E-state index contributed by atoms with van der Waals surface area (Å²) in [6, 6.07) is 0. The minimum absolute atomic E-state index is 0.000230. The van der Waals surface area contributed by atoms with Gasteiger partial charge in [-0.2, -0.15) is 0 Å². The smallest absolute Gasteiger partial charge is 0.228 e. The molecule has 2 N–H and O–H groups in total. The van der Waals surface area contributed by atoms with E-state index in [1.807, 2.05) is 12.2 Å². The maximum absolute atomic E-state index is 11.4. The SMILES string of the molecule is CCCCC=CCC(=O)N(C)C(N)S. The molecule has 1 amide bonds. The van der Waals surface area contributed by atoms with Crippen LogP contribution in [0.15, 0.2) is 12.2 Å². The standard InChI is InChI=1S/C10H20N2OS/c1-3-4-5-6-7-8-9(13)12(2)10(11)14/h6-7,10,14H,3-5,8,11H2,1-2H3. The minimum Gasteiger partial charge on any atom is -0.321 e. The number of rotatable bonds is 6. The Hall–Kier alpha value is -0.480. The first-order valence-electron chi connectivity index (χ1n) is 4.94. The summed E-state index contributed by atoms with van der Waals surface area (Å²) in [5.74, 6) is 0.000230. The zero-order valence-electron chi connectivity index (χ0n) is 8.94. The van der Waals surface area contributed by atoms with E-state index < -0.39 is 5.50 Å². The van der Waals surface area contributed by atoms with E-state index in [-0.39, 0.29) is 5.91 Å². The molecular weight excluding hydrogens is 196 g/mol. The van der Waals surface area contributed by atoms with Gasteiger partial charge in [0.15, 0.2) is 0 Å². The Morgan fingerprint density at radius 3 is 2.71 bits per heavy atom. The van der Waals surface area contributed by atoms with Gasteiger partial charge in [-0.25, -0.2) is 0 Å². The molecular formula is C10H20N2OS. The highest BCUT2D eigenvalue weighted by molar-refractivity contribution is 7.80. The van der Waals surface area contributed by atoms with Crippen LogP contribution in [0, 0.1) is 0 Å². The van der Waals surface area contributed by atoms with Gasteiger partial charge in [0.2, 0.25) is 5.91 Å². The van der Waals surface area contributed by atoms with Crippen molar-refractivity contribution in [2.45, 2.75) is 38.1 Å². The number of nitrogens with two attached hydrogens (primary N) is 1. The first-order valence-corrected chi connectivity index (χ1v) is 5.45. The molecule has 14 heavy (non-hydrogen) atoms. The van der Waals surface area contributed by atoms with Crippen LogP contribution in [0.5, 0.6) is 0 Å². The van der Waals surface area contributed by atoms with Gasteiger partial charge >= 0.3 is 0 Å². The van der Waals surface area contributed by atoms with Gasteiger partial charge in [-0.1, -0.05) is 31.9 Å². The van der Waals surface area contributed by atoms with Gasteiger partial charge in [-0.3, -0.25) is 4.79 Å². The van der Waals surface area contributed by atoms with Crippen LogP contribution in [-0.4, -0.2) is 23.4 Å². The number of nitrogens with zero attached hydrogens (tertiary/aromatic N) is 1. The fourth-order valence-electron chi connectivity index (χ4n) is 0.915. The second-order valence-corrected chi connectivity index (χ2v) is 3.77. The highest BCUT2D eigenvalue weighted by Gasteiger charge is 2.09. The van der Waals surface area contributed by atoms with Gasteiger partial charge in [0.05, 0.1) is 0 Å². The van der Waals surface area contributed by atoms with E-state index in [4.69, 9.17) is 5.73 Å². The maximum atomic E-state index is 11.4. The van der Waals surface area contributed by atoms with Crippen LogP contribution < -0.4 is 5.73 Å². The molecule has 0 aliphatic heterocycles. The van der Waals surface area contributed by atoms with Crippen molar-refractivity contribution in [3.63, 3.8) is 0 Å². The number of carbonyl (C=O) groups excluding carboxylic acids is 1. The molecule has 0 aliphatic rings. The number of unbranched alkanes of at least 4 members (excludes halogenated alkanes) is 2. The van der Waals surface area contributed by atoms with E-state index in [9.17, 15) is 4.79 Å². The van der Waals surface area contributed by atoms with Crippen molar-refractivity contribution in [3.05, 3.63) is 12.2 Å². The monoisotopic (exact) mass is 216 g/mol. The summed E-state index contributed by atoms with van der Waals surface area (Å²) in [6.45, 7) is 2.15. The van der Waals surface area contributed by atoms with Crippen molar-refractivity contribution in [2.24, 2.45) is 5.73 Å². The molecule has 0 bridgehead atoms. The van der Waals surface area contributed by atoms with Crippen LogP contribution in [0.25, 0.3) is 0 Å². The third-order valence-electron chi connectivity index (χ3n) is 1.97. The van der Waals surface area contributed by atoms with Crippen molar-refractivity contribution in [3.8, 4) is 0 Å². The number of hydrogen-bond donors (Lipinski definition) is 2. The van der Waals surface area contributed by atoms with Gasteiger partial charge in [-0.15, -0.1) is 12.6 Å². The number of carbonyl (C=O) groups is 1. The van der Waals surface area contributed by atoms with E-state index in [0.717, 1.165) is 6.42 Å². The van der Waals surface area contributed by atoms with Crippen LogP contribution >= 0.6 is 12.6 Å². The number of hydrogen-bond acceptors (Lipinski definition) is 3. The molecule has 0 rings (SSSR count). The molecule has 82 valence electrons. The van der Waals surface area contributed by atoms with E-state index in [0.29, 0.717) is 6.42 Å². The summed E-state index contributed by atoms with van der Waals surface area (Å²) in [4.78, 5) is 12.8. The quantitative estimate of drug-likeness (QED) is 0.307. The topological polar surface area (TPSA) is 46.3 Å². The molecule has 0 heterocycles. The Kier molecular flexibility index (Phi) is 7.61. The van der Waals surface area contributed by atoms with Crippen molar-refractivity contribution >= 4 is 18.5 Å². The Morgan fingerprint density at radius 1 is 1.57 bits per heavy atom. The van der Waals surface area contributed by atoms with Crippen molar-refractivity contribution < 1.29 is 4.79 Å². The van der Waals surface area contributed by atoms with Gasteiger partial charge in [0.1, 0.15) is 5.50 Å². The zero-order chi connectivity index (χ0) is 11.0. The predicted octanol–water partition coefficient (Wildman–Crippen LogP) is 1.75. The van der Waals surface area contributed by atoms with Gasteiger partial charge in [0.25, 0.3) is 0 Å². The highest BCUT2D eigenvalue weighted by Crippen LogP contribution is 2.00. The normalized spacial score (nSPS) is 13.1. The van der Waals surface area contributed by atoms with E-state index >= 15 is 0 Å². The van der Waals surface area contributed by atoms with Crippen LogP contribution in [-0.2, 0) is 4.79 Å². The summed E-state index contributed by atoms with van der Waals surface area (Å²) < 4.78 is 0. The summed E-state index contributed by atoms with van der Waals surface area (Å²) in [7, 11) is 1.65. The Labute approximate surface area is 91.8 Å². The average molecular weight is 216 g/mol. The third kappa shape index (κ3) is 6.05. The molecule has 0 fully saturated rings. The molecule has 0 aromatic rings. The van der Waals surface area contributed by atoms with Crippen molar-refractivity contribution in [1.82, 2.24) is 4.90 Å². The molecule has 0 radical (unpaired) electrons. The first kappa shape index (κ1) is 13.5. The number of allylic oxidation sites excluding steroid dienone is 1. The Balaban J connectivity index is 3.68. The maximum Gasteiger partial charge on any atom is 0.228 e. The lowest BCUT2D eigenvalue weighted by Gasteiger charge is -2.19. The summed E-state index contributed by atoms with van der Waals surface area (Å²) in [5, 5.41) is 0. The molecule has 0 saturated heterocycles. The van der Waals surface area contributed by atoms with E-state index in [1.165, 1.54) is 17.7 Å². The predicted molar refractivity (Wildman–Crippen MR) is 63.0 cm³/mol. The lowest BCUT2D eigenvalue weighted by Crippen LogP contribution is -2.38. The largest absolute Gasteiger partial charge is 0.321 e. The highest BCUT2D eigenvalue weighted by atomic mass is 32.1. The zero-order valence-corrected chi connectivity index (χ0v) is 9.83. The van der Waals surface area contributed by atoms with Crippen molar-refractivity contribution in [1.29, 1.82) is 0 Å². The average Bonchev–Trinajstić information content (AvgIpc) is 2.16. The lowest BCUT2D eigenvalue weighted by atomic mass is 10.2. The molecule has 0 aliphatic carbocycles. The van der Waals surface area contributed by atoms with Gasteiger partial charge in [-0.05, 0) is 6.42 Å². The fraction of sp³-hybridized carbons (Fsp3) is 0.700. The molecule has 0 saturated carbocycles. The van der Waals surface area contributed by atoms with E-state index in [2.05, 4.69) is 19.6 Å². The molecule has 0 aromatic heterocycles. The van der Waals surface area contributed by atoms with Crippen LogP contribution in [0.4, 0.5) is 0 Å². The number of thiol groups is 1. The summed E-state index contributed by atoms with van der Waals surface area (Å²) in [5.41, 5.74) is 4.93. The third-order valence-corrected chi connectivity index (χ3v) is 2.32. The molecule has 3 nitrogen and oxygen atoms in total. The van der Waals surface area contributed by atoms with Crippen LogP contribution in [0.2, 0.25) is 0 Å². The van der Waals surface area contributed by atoms with E-state index in [1.54, 1.807) is 7.05 Å². The minimum atomic E-state index is -0.508. The Bertz CT molecular complexity index is 193. The molecule has 1 atom stereocenters. The van der Waals surface area contributed by atoms with Gasteiger partial charge in [0, 0.05) is 13.5 Å². The van der Waals surface area contributed by atoms with Crippen LogP contribution in [0.1, 0.15) is 32.6 Å². The summed E-state index contributed by atoms with van der Waals surface area (Å²) in [6.07, 6.45) is 7.74. The molecule has 0 aromatic carbocycles. The fourth-order valence-corrected chi connectivity index (χ4v) is 1.04. The van der Waals surface area contributed by atoms with Gasteiger partial charge < -0.3 is 10.6 Å². The molecule has 0 spiro atoms. The second kappa shape index (κ2) is 7.88. The molecule has 4 heteroatoms. The first-order chi connectivity index (χ1) is 6.59. The lowest BCUT2D eigenvalue weighted by molar-refractivity contribution is -0.129. The van der Waals surface area contributed by atoms with Crippen LogP contribution in [0.3, 0.4) is 0 Å². The van der Waals surface area contributed by atoms with Crippen molar-refractivity contribution in [2.75, 3.05) is 7.05 Å². The Morgan fingerprint density at radius 2 is 2.21 bits per heavy atom.